The predicted octanol–water partition coefficient (Wildman–Crippen LogP) is 1.60. The molecule has 1 aliphatic carbocycles. The number of carbonyl (C=O) groups is 2. The third-order valence-electron chi connectivity index (χ3n) is 2.31. The zero-order valence-electron chi connectivity index (χ0n) is 8.99. The van der Waals surface area contributed by atoms with Crippen molar-refractivity contribution in [3.63, 3.8) is 0 Å². The summed E-state index contributed by atoms with van der Waals surface area (Å²) in [6.45, 7) is 0. The van der Waals surface area contributed by atoms with E-state index in [4.69, 9.17) is 0 Å². The molecule has 1 aliphatic rings. The summed E-state index contributed by atoms with van der Waals surface area (Å²) in [5, 5.41) is 0. The predicted molar refractivity (Wildman–Crippen MR) is 49.8 cm³/mol. The highest BCUT2D eigenvalue weighted by molar-refractivity contribution is 5.76. The van der Waals surface area contributed by atoms with Gasteiger partial charge >= 0.3 is 18.1 Å². The van der Waals surface area contributed by atoms with Gasteiger partial charge in [-0.15, -0.1) is 0 Å². The van der Waals surface area contributed by atoms with Crippen molar-refractivity contribution in [1.82, 2.24) is 0 Å². The van der Waals surface area contributed by atoms with Crippen LogP contribution < -0.4 is 0 Å². The zero-order valence-corrected chi connectivity index (χ0v) is 8.99. The number of methoxy groups -OCH3 is 1. The number of esters is 2. The molecular formula is C10H11F3O4. The average molecular weight is 252 g/mol. The third kappa shape index (κ3) is 3.76. The highest BCUT2D eigenvalue weighted by atomic mass is 19.4. The minimum absolute atomic E-state index is 0.00495. The van der Waals surface area contributed by atoms with Gasteiger partial charge in [0, 0.05) is 6.42 Å². The molecule has 0 N–H and O–H groups in total. The molecule has 0 bridgehead atoms. The lowest BCUT2D eigenvalue weighted by Gasteiger charge is -2.23. The summed E-state index contributed by atoms with van der Waals surface area (Å²) in [6, 6.07) is 0. The molecule has 0 aromatic heterocycles. The minimum Gasteiger partial charge on any atom is -0.469 e. The van der Waals surface area contributed by atoms with Gasteiger partial charge < -0.3 is 9.47 Å². The highest BCUT2D eigenvalue weighted by Crippen LogP contribution is 2.25. The number of alkyl halides is 3. The average Bonchev–Trinajstić information content (AvgIpc) is 2.27. The molecule has 0 amide bonds. The van der Waals surface area contributed by atoms with E-state index in [1.807, 2.05) is 0 Å². The van der Waals surface area contributed by atoms with Gasteiger partial charge in [0.2, 0.25) is 0 Å². The van der Waals surface area contributed by atoms with Crippen molar-refractivity contribution < 1.29 is 32.2 Å². The van der Waals surface area contributed by atoms with Gasteiger partial charge in [0.05, 0.1) is 13.0 Å². The molecule has 96 valence electrons. The van der Waals surface area contributed by atoms with Crippen LogP contribution in [0.3, 0.4) is 0 Å². The fraction of sp³-hybridized carbons (Fsp3) is 0.600. The normalized spacial score (nSPS) is 24.2. The number of ether oxygens (including phenoxy) is 2. The van der Waals surface area contributed by atoms with E-state index in [9.17, 15) is 22.8 Å². The van der Waals surface area contributed by atoms with Crippen molar-refractivity contribution in [1.29, 1.82) is 0 Å². The number of halogens is 3. The fourth-order valence-corrected chi connectivity index (χ4v) is 1.50. The quantitative estimate of drug-likeness (QED) is 0.553. The van der Waals surface area contributed by atoms with Crippen LogP contribution in [0.25, 0.3) is 0 Å². The van der Waals surface area contributed by atoms with Crippen LogP contribution in [0.4, 0.5) is 13.2 Å². The van der Waals surface area contributed by atoms with Crippen LogP contribution in [0.5, 0.6) is 0 Å². The summed E-state index contributed by atoms with van der Waals surface area (Å²) in [5.74, 6) is -3.35. The van der Waals surface area contributed by atoms with E-state index in [2.05, 4.69) is 9.47 Å². The Kier molecular flexibility index (Phi) is 4.14. The summed E-state index contributed by atoms with van der Waals surface area (Å²) < 4.78 is 44.5. The molecule has 17 heavy (non-hydrogen) atoms. The van der Waals surface area contributed by atoms with Gasteiger partial charge in [0.15, 0.2) is 0 Å². The molecule has 0 saturated carbocycles. The van der Waals surface area contributed by atoms with Gasteiger partial charge in [0.1, 0.15) is 6.10 Å². The number of rotatable bonds is 2. The van der Waals surface area contributed by atoms with E-state index in [0.29, 0.717) is 6.42 Å². The standard InChI is InChI=1S/C10H11F3O4/c1-16-8(14)6-3-2-4-7(5-6)17-9(15)10(11,12)13/h2,4,6-7H,3,5H2,1H3/t6-,7+/m1/s1. The third-order valence-corrected chi connectivity index (χ3v) is 2.31. The van der Waals surface area contributed by atoms with E-state index in [1.165, 1.54) is 19.3 Å². The molecule has 4 nitrogen and oxygen atoms in total. The number of allylic oxidation sites excluding steroid dienone is 1. The Morgan fingerprint density at radius 1 is 1.35 bits per heavy atom. The lowest BCUT2D eigenvalue weighted by molar-refractivity contribution is -0.203. The van der Waals surface area contributed by atoms with Crippen LogP contribution in [0.15, 0.2) is 12.2 Å². The van der Waals surface area contributed by atoms with Crippen molar-refractivity contribution in [2.24, 2.45) is 5.92 Å². The molecule has 0 fully saturated rings. The van der Waals surface area contributed by atoms with E-state index < -0.39 is 30.1 Å². The zero-order chi connectivity index (χ0) is 13.1. The van der Waals surface area contributed by atoms with E-state index >= 15 is 0 Å². The van der Waals surface area contributed by atoms with Crippen molar-refractivity contribution in [2.45, 2.75) is 25.1 Å². The summed E-state index contributed by atoms with van der Waals surface area (Å²) >= 11 is 0. The second-order valence-corrected chi connectivity index (χ2v) is 3.56. The molecule has 0 aromatic carbocycles. The summed E-state index contributed by atoms with van der Waals surface area (Å²) in [5.41, 5.74) is 0. The van der Waals surface area contributed by atoms with E-state index in [1.54, 1.807) is 0 Å². The molecule has 0 unspecified atom stereocenters. The van der Waals surface area contributed by atoms with Gasteiger partial charge in [0.25, 0.3) is 0 Å². The molecular weight excluding hydrogens is 241 g/mol. The monoisotopic (exact) mass is 252 g/mol. The molecule has 1 rings (SSSR count). The first-order chi connectivity index (χ1) is 7.84. The Morgan fingerprint density at radius 3 is 2.53 bits per heavy atom. The first-order valence-corrected chi connectivity index (χ1v) is 4.87. The smallest absolute Gasteiger partial charge is 0.469 e. The summed E-state index contributed by atoms with van der Waals surface area (Å²) in [4.78, 5) is 21.8. The van der Waals surface area contributed by atoms with Crippen LogP contribution in [0.1, 0.15) is 12.8 Å². The minimum atomic E-state index is -5.02. The fourth-order valence-electron chi connectivity index (χ4n) is 1.50. The van der Waals surface area contributed by atoms with Gasteiger partial charge in [-0.05, 0) is 12.5 Å². The molecule has 2 atom stereocenters. The first-order valence-electron chi connectivity index (χ1n) is 4.87. The first kappa shape index (κ1) is 13.5. The van der Waals surface area contributed by atoms with Crippen molar-refractivity contribution in [3.8, 4) is 0 Å². The van der Waals surface area contributed by atoms with Crippen LogP contribution in [-0.4, -0.2) is 31.3 Å². The number of carbonyl (C=O) groups excluding carboxylic acids is 2. The van der Waals surface area contributed by atoms with Crippen molar-refractivity contribution in [3.05, 3.63) is 12.2 Å². The van der Waals surface area contributed by atoms with Gasteiger partial charge in [-0.2, -0.15) is 13.2 Å². The molecule has 7 heteroatoms. The van der Waals surface area contributed by atoms with Crippen LogP contribution in [-0.2, 0) is 19.1 Å². The SMILES string of the molecule is COC(=O)[C@@H]1CC=C[C@H](OC(=O)C(F)(F)F)C1. The van der Waals surface area contributed by atoms with Gasteiger partial charge in [-0.25, -0.2) is 4.79 Å². The van der Waals surface area contributed by atoms with Crippen LogP contribution in [0, 0.1) is 5.92 Å². The molecule has 0 heterocycles. The summed E-state index contributed by atoms with van der Waals surface area (Å²) in [7, 11) is 1.19. The van der Waals surface area contributed by atoms with Crippen molar-refractivity contribution >= 4 is 11.9 Å². The maximum atomic E-state index is 11.9. The second kappa shape index (κ2) is 5.20. The Morgan fingerprint density at radius 2 is 2.00 bits per heavy atom. The topological polar surface area (TPSA) is 52.6 Å². The molecule has 0 aromatic rings. The lowest BCUT2D eigenvalue weighted by Crippen LogP contribution is -2.33. The number of hydrogen-bond acceptors (Lipinski definition) is 4. The maximum Gasteiger partial charge on any atom is 0.490 e. The number of hydrogen-bond donors (Lipinski definition) is 0. The van der Waals surface area contributed by atoms with Crippen LogP contribution >= 0.6 is 0 Å². The van der Waals surface area contributed by atoms with E-state index in [0.717, 1.165) is 0 Å². The molecule has 0 spiro atoms. The Hall–Kier alpha value is -1.53. The molecule has 0 aliphatic heterocycles. The van der Waals surface area contributed by atoms with Gasteiger partial charge in [-0.3, -0.25) is 4.79 Å². The Labute approximate surface area is 95.4 Å². The van der Waals surface area contributed by atoms with Crippen molar-refractivity contribution in [2.75, 3.05) is 7.11 Å². The van der Waals surface area contributed by atoms with Crippen LogP contribution in [0.2, 0.25) is 0 Å². The lowest BCUT2D eigenvalue weighted by atomic mass is 9.92. The van der Waals surface area contributed by atoms with Gasteiger partial charge in [-0.1, -0.05) is 6.08 Å². The molecule has 0 saturated heterocycles. The highest BCUT2D eigenvalue weighted by Gasteiger charge is 2.42. The summed E-state index contributed by atoms with van der Waals surface area (Å²) in [6.07, 6.45) is -2.85. The Bertz CT molecular complexity index is 335. The largest absolute Gasteiger partial charge is 0.490 e. The van der Waals surface area contributed by atoms with E-state index in [-0.39, 0.29) is 6.42 Å². The molecule has 0 radical (unpaired) electrons. The Balaban J connectivity index is 2.57. The maximum absolute atomic E-state index is 11.9. The second-order valence-electron chi connectivity index (χ2n) is 3.56.